The molecule has 2 aromatic rings. The number of rotatable bonds is 4. The van der Waals surface area contributed by atoms with Crippen LogP contribution in [0.3, 0.4) is 0 Å². The molecule has 16 heavy (non-hydrogen) atoms. The largest absolute Gasteiger partial charge is 0.350 e. The van der Waals surface area contributed by atoms with E-state index < -0.39 is 0 Å². The first-order valence-electron chi connectivity index (χ1n) is 5.02. The van der Waals surface area contributed by atoms with E-state index in [4.69, 9.17) is 0 Å². The lowest BCUT2D eigenvalue weighted by Crippen LogP contribution is -2.27. The summed E-state index contributed by atoms with van der Waals surface area (Å²) in [5.41, 5.74) is 0.668. The molecule has 5 nitrogen and oxygen atoms in total. The fraction of sp³-hybridized carbons (Fsp3) is 0.182. The molecule has 0 bridgehead atoms. The van der Waals surface area contributed by atoms with Gasteiger partial charge in [-0.05, 0) is 12.1 Å². The predicted molar refractivity (Wildman–Crippen MR) is 58.8 cm³/mol. The molecule has 0 unspecified atom stereocenters. The zero-order valence-electron chi connectivity index (χ0n) is 8.71. The number of amides is 1. The Hall–Kier alpha value is -2.17. The summed E-state index contributed by atoms with van der Waals surface area (Å²) in [7, 11) is 0. The summed E-state index contributed by atoms with van der Waals surface area (Å²) >= 11 is 0. The van der Waals surface area contributed by atoms with Crippen LogP contribution < -0.4 is 5.32 Å². The number of carbonyl (C=O) groups excluding carboxylic acids is 1. The smallest absolute Gasteiger partial charge is 0.251 e. The van der Waals surface area contributed by atoms with Gasteiger partial charge in [0.1, 0.15) is 12.7 Å². The van der Waals surface area contributed by atoms with Gasteiger partial charge in [-0.15, -0.1) is 0 Å². The van der Waals surface area contributed by atoms with E-state index in [1.807, 2.05) is 18.2 Å². The summed E-state index contributed by atoms with van der Waals surface area (Å²) in [5.74, 6) is -0.0688. The second-order valence-electron chi connectivity index (χ2n) is 3.28. The third-order valence-electron chi connectivity index (χ3n) is 2.13. The van der Waals surface area contributed by atoms with Gasteiger partial charge in [-0.2, -0.15) is 5.10 Å². The van der Waals surface area contributed by atoms with Gasteiger partial charge in [0, 0.05) is 12.1 Å². The van der Waals surface area contributed by atoms with Crippen molar-refractivity contribution in [2.45, 2.75) is 6.54 Å². The highest BCUT2D eigenvalue weighted by atomic mass is 16.1. The molecule has 0 fully saturated rings. The molecule has 0 saturated carbocycles. The topological polar surface area (TPSA) is 59.8 Å². The van der Waals surface area contributed by atoms with E-state index in [1.165, 1.54) is 6.33 Å². The van der Waals surface area contributed by atoms with E-state index >= 15 is 0 Å². The molecule has 82 valence electrons. The lowest BCUT2D eigenvalue weighted by Gasteiger charge is -2.04. The van der Waals surface area contributed by atoms with Crippen LogP contribution in [0.15, 0.2) is 43.0 Å². The van der Waals surface area contributed by atoms with Crippen LogP contribution in [-0.2, 0) is 6.54 Å². The molecular formula is C11H12N4O. The summed E-state index contributed by atoms with van der Waals surface area (Å²) in [6.07, 6.45) is 3.09. The highest BCUT2D eigenvalue weighted by molar-refractivity contribution is 5.94. The molecule has 0 radical (unpaired) electrons. The van der Waals surface area contributed by atoms with E-state index in [9.17, 15) is 4.79 Å². The zero-order valence-corrected chi connectivity index (χ0v) is 8.71. The second-order valence-corrected chi connectivity index (χ2v) is 3.28. The van der Waals surface area contributed by atoms with E-state index in [0.29, 0.717) is 18.7 Å². The van der Waals surface area contributed by atoms with Crippen molar-refractivity contribution in [3.63, 3.8) is 0 Å². The molecule has 0 aliphatic heterocycles. The SMILES string of the molecule is O=C(NCCn1cncn1)c1ccccc1. The molecule has 0 atom stereocenters. The van der Waals surface area contributed by atoms with Crippen molar-refractivity contribution in [2.24, 2.45) is 0 Å². The minimum absolute atomic E-state index is 0.0688. The Bertz CT molecular complexity index is 438. The Morgan fingerprint density at radius 1 is 1.31 bits per heavy atom. The number of benzene rings is 1. The van der Waals surface area contributed by atoms with Crippen LogP contribution in [0.25, 0.3) is 0 Å². The molecular weight excluding hydrogens is 204 g/mol. The number of carbonyl (C=O) groups is 1. The molecule has 0 aliphatic carbocycles. The number of nitrogens with one attached hydrogen (secondary N) is 1. The highest BCUT2D eigenvalue weighted by Gasteiger charge is 2.02. The van der Waals surface area contributed by atoms with Crippen molar-refractivity contribution in [1.29, 1.82) is 0 Å². The van der Waals surface area contributed by atoms with Crippen molar-refractivity contribution in [1.82, 2.24) is 20.1 Å². The first-order valence-corrected chi connectivity index (χ1v) is 5.02. The van der Waals surface area contributed by atoms with E-state index in [1.54, 1.807) is 23.1 Å². The van der Waals surface area contributed by atoms with Crippen molar-refractivity contribution >= 4 is 5.91 Å². The number of nitrogens with zero attached hydrogens (tertiary/aromatic N) is 3. The third kappa shape index (κ3) is 2.66. The Kier molecular flexibility index (Phi) is 3.28. The molecule has 1 heterocycles. The summed E-state index contributed by atoms with van der Waals surface area (Å²) in [6.45, 7) is 1.16. The third-order valence-corrected chi connectivity index (χ3v) is 2.13. The molecule has 0 spiro atoms. The number of aromatic nitrogens is 3. The molecule has 1 aromatic heterocycles. The van der Waals surface area contributed by atoms with Crippen LogP contribution in [0, 0.1) is 0 Å². The van der Waals surface area contributed by atoms with Crippen molar-refractivity contribution in [3.05, 3.63) is 48.5 Å². The molecule has 5 heteroatoms. The van der Waals surface area contributed by atoms with Crippen LogP contribution in [0.2, 0.25) is 0 Å². The molecule has 0 aliphatic rings. The first kappa shape index (κ1) is 10.4. The van der Waals surface area contributed by atoms with E-state index in [2.05, 4.69) is 15.4 Å². The quantitative estimate of drug-likeness (QED) is 0.818. The fourth-order valence-corrected chi connectivity index (χ4v) is 1.32. The average molecular weight is 216 g/mol. The lowest BCUT2D eigenvalue weighted by molar-refractivity contribution is 0.0952. The average Bonchev–Trinajstić information content (AvgIpc) is 2.83. The maximum Gasteiger partial charge on any atom is 0.251 e. The minimum Gasteiger partial charge on any atom is -0.350 e. The zero-order chi connectivity index (χ0) is 11.2. The maximum absolute atomic E-state index is 11.6. The summed E-state index contributed by atoms with van der Waals surface area (Å²) in [4.78, 5) is 15.4. The van der Waals surface area contributed by atoms with Gasteiger partial charge in [-0.1, -0.05) is 18.2 Å². The Balaban J connectivity index is 1.81. The molecule has 1 amide bonds. The summed E-state index contributed by atoms with van der Waals surface area (Å²) < 4.78 is 1.67. The Morgan fingerprint density at radius 2 is 2.12 bits per heavy atom. The Labute approximate surface area is 93.1 Å². The fourth-order valence-electron chi connectivity index (χ4n) is 1.32. The summed E-state index contributed by atoms with van der Waals surface area (Å²) in [5, 5.41) is 6.75. The second kappa shape index (κ2) is 5.06. The molecule has 2 rings (SSSR count). The van der Waals surface area contributed by atoms with E-state index in [-0.39, 0.29) is 5.91 Å². The molecule has 1 N–H and O–H groups in total. The highest BCUT2D eigenvalue weighted by Crippen LogP contribution is 1.97. The summed E-state index contributed by atoms with van der Waals surface area (Å²) in [6, 6.07) is 9.13. The maximum atomic E-state index is 11.6. The normalized spacial score (nSPS) is 10.0. The van der Waals surface area contributed by atoms with Gasteiger partial charge in [-0.3, -0.25) is 9.48 Å². The first-order chi connectivity index (χ1) is 7.86. The van der Waals surface area contributed by atoms with Crippen LogP contribution in [-0.4, -0.2) is 27.2 Å². The van der Waals surface area contributed by atoms with Crippen LogP contribution in [0.5, 0.6) is 0 Å². The minimum atomic E-state index is -0.0688. The van der Waals surface area contributed by atoms with E-state index in [0.717, 1.165) is 0 Å². The van der Waals surface area contributed by atoms with Crippen molar-refractivity contribution in [3.8, 4) is 0 Å². The number of hydrogen-bond acceptors (Lipinski definition) is 3. The molecule has 0 saturated heterocycles. The van der Waals surface area contributed by atoms with Crippen LogP contribution in [0.1, 0.15) is 10.4 Å². The van der Waals surface area contributed by atoms with Crippen molar-refractivity contribution in [2.75, 3.05) is 6.54 Å². The predicted octanol–water partition coefficient (Wildman–Crippen LogP) is 0.708. The lowest BCUT2D eigenvalue weighted by atomic mass is 10.2. The standard InChI is InChI=1S/C11H12N4O/c16-11(10-4-2-1-3-5-10)13-6-7-15-9-12-8-14-15/h1-5,8-9H,6-7H2,(H,13,16). The van der Waals surface area contributed by atoms with Gasteiger partial charge in [0.05, 0.1) is 6.54 Å². The Morgan fingerprint density at radius 3 is 2.81 bits per heavy atom. The van der Waals surface area contributed by atoms with Gasteiger partial charge in [0.2, 0.25) is 0 Å². The van der Waals surface area contributed by atoms with Crippen LogP contribution in [0.4, 0.5) is 0 Å². The van der Waals surface area contributed by atoms with Crippen LogP contribution >= 0.6 is 0 Å². The van der Waals surface area contributed by atoms with Gasteiger partial charge in [0.15, 0.2) is 0 Å². The monoisotopic (exact) mass is 216 g/mol. The van der Waals surface area contributed by atoms with Gasteiger partial charge in [-0.25, -0.2) is 4.98 Å². The van der Waals surface area contributed by atoms with Gasteiger partial charge >= 0.3 is 0 Å². The molecule has 1 aromatic carbocycles. The van der Waals surface area contributed by atoms with Gasteiger partial charge in [0.25, 0.3) is 5.91 Å². The van der Waals surface area contributed by atoms with Crippen molar-refractivity contribution < 1.29 is 4.79 Å². The number of hydrogen-bond donors (Lipinski definition) is 1. The van der Waals surface area contributed by atoms with Gasteiger partial charge < -0.3 is 5.32 Å².